The third kappa shape index (κ3) is 3.91. The summed E-state index contributed by atoms with van der Waals surface area (Å²) in [6, 6.07) is 9.77. The Morgan fingerprint density at radius 2 is 2.15 bits per heavy atom. The molecule has 1 saturated heterocycles. The van der Waals surface area contributed by atoms with Crippen LogP contribution in [0.1, 0.15) is 29.7 Å². The lowest BCUT2D eigenvalue weighted by Gasteiger charge is -2.32. The number of amides is 1. The summed E-state index contributed by atoms with van der Waals surface area (Å²) in [7, 11) is 0. The molecule has 3 N–H and O–H groups in total. The molecule has 0 atom stereocenters. The normalized spacial score (nSPS) is 14.7. The molecule has 1 aliphatic rings. The molecule has 1 amide bonds. The van der Waals surface area contributed by atoms with Crippen LogP contribution < -0.4 is 16.0 Å². The lowest BCUT2D eigenvalue weighted by atomic mass is 9.96. The first-order valence-electron chi connectivity index (χ1n) is 8.68. The molecule has 0 saturated carbocycles. The lowest BCUT2D eigenvalue weighted by Crippen LogP contribution is -2.39. The predicted molar refractivity (Wildman–Crippen MR) is 99.4 cm³/mol. The standard InChI is InChI=1S/C19H22N6O/c1-13-4-5-17(24-16(13)11-20)23-12-15-3-2-8-22-19(15)25-9-6-14(7-10-25)18(21)26/h2-5,8,14H,6-7,9-10,12H2,1H3,(H2,21,26)(H,23,24). The number of aromatic nitrogens is 2. The molecule has 3 heterocycles. The number of anilines is 2. The lowest BCUT2D eigenvalue weighted by molar-refractivity contribution is -0.122. The number of nitriles is 1. The van der Waals surface area contributed by atoms with Gasteiger partial charge >= 0.3 is 0 Å². The monoisotopic (exact) mass is 350 g/mol. The van der Waals surface area contributed by atoms with Gasteiger partial charge in [0.15, 0.2) is 0 Å². The summed E-state index contributed by atoms with van der Waals surface area (Å²) in [4.78, 5) is 22.4. The highest BCUT2D eigenvalue weighted by Crippen LogP contribution is 2.25. The van der Waals surface area contributed by atoms with E-state index in [4.69, 9.17) is 11.0 Å². The first-order valence-corrected chi connectivity index (χ1v) is 8.68. The fourth-order valence-corrected chi connectivity index (χ4v) is 3.15. The first kappa shape index (κ1) is 17.7. The van der Waals surface area contributed by atoms with E-state index < -0.39 is 0 Å². The van der Waals surface area contributed by atoms with Crippen LogP contribution in [0.5, 0.6) is 0 Å². The van der Waals surface area contributed by atoms with E-state index in [2.05, 4.69) is 26.3 Å². The summed E-state index contributed by atoms with van der Waals surface area (Å²) in [5.41, 5.74) is 7.75. The summed E-state index contributed by atoms with van der Waals surface area (Å²) < 4.78 is 0. The van der Waals surface area contributed by atoms with Crippen molar-refractivity contribution in [3.63, 3.8) is 0 Å². The number of aryl methyl sites for hydroxylation is 1. The second kappa shape index (κ2) is 7.83. The fraction of sp³-hybridized carbons (Fsp3) is 0.368. The van der Waals surface area contributed by atoms with E-state index in [0.717, 1.165) is 42.9 Å². The molecule has 7 heteroatoms. The number of primary amides is 1. The number of hydrogen-bond donors (Lipinski definition) is 2. The summed E-state index contributed by atoms with van der Waals surface area (Å²) in [6.07, 6.45) is 3.28. The van der Waals surface area contributed by atoms with Crippen molar-refractivity contribution < 1.29 is 4.79 Å². The third-order valence-corrected chi connectivity index (χ3v) is 4.73. The number of nitrogens with two attached hydrogens (primary N) is 1. The Hall–Kier alpha value is -3.14. The Morgan fingerprint density at radius 3 is 2.85 bits per heavy atom. The van der Waals surface area contributed by atoms with Crippen LogP contribution in [0.3, 0.4) is 0 Å². The first-order chi connectivity index (χ1) is 12.6. The molecule has 0 spiro atoms. The van der Waals surface area contributed by atoms with Gasteiger partial charge in [0, 0.05) is 37.3 Å². The molecule has 2 aromatic heterocycles. The van der Waals surface area contributed by atoms with Crippen molar-refractivity contribution in [3.05, 3.63) is 47.3 Å². The van der Waals surface area contributed by atoms with Gasteiger partial charge in [-0.05, 0) is 37.5 Å². The van der Waals surface area contributed by atoms with Crippen molar-refractivity contribution >= 4 is 17.5 Å². The largest absolute Gasteiger partial charge is 0.369 e. The van der Waals surface area contributed by atoms with E-state index in [0.29, 0.717) is 18.1 Å². The van der Waals surface area contributed by atoms with Crippen LogP contribution in [-0.4, -0.2) is 29.0 Å². The highest BCUT2D eigenvalue weighted by molar-refractivity contribution is 5.77. The van der Waals surface area contributed by atoms with E-state index in [-0.39, 0.29) is 11.8 Å². The molecule has 134 valence electrons. The molecule has 1 fully saturated rings. The zero-order valence-electron chi connectivity index (χ0n) is 14.8. The average Bonchev–Trinajstić information content (AvgIpc) is 2.67. The molecular weight excluding hydrogens is 328 g/mol. The second-order valence-electron chi connectivity index (χ2n) is 6.48. The van der Waals surface area contributed by atoms with Gasteiger partial charge in [-0.25, -0.2) is 9.97 Å². The van der Waals surface area contributed by atoms with E-state index in [1.54, 1.807) is 6.20 Å². The number of nitrogens with zero attached hydrogens (tertiary/aromatic N) is 4. The number of hydrogen-bond acceptors (Lipinski definition) is 6. The summed E-state index contributed by atoms with van der Waals surface area (Å²) in [5, 5.41) is 12.4. The minimum Gasteiger partial charge on any atom is -0.369 e. The van der Waals surface area contributed by atoms with Gasteiger partial charge in [-0.3, -0.25) is 4.79 Å². The molecule has 0 aromatic carbocycles. The van der Waals surface area contributed by atoms with Gasteiger partial charge in [0.25, 0.3) is 0 Å². The number of carbonyl (C=O) groups is 1. The maximum Gasteiger partial charge on any atom is 0.220 e. The van der Waals surface area contributed by atoms with Crippen molar-refractivity contribution in [2.24, 2.45) is 11.7 Å². The van der Waals surface area contributed by atoms with E-state index in [1.165, 1.54) is 0 Å². The zero-order chi connectivity index (χ0) is 18.5. The highest BCUT2D eigenvalue weighted by atomic mass is 16.1. The summed E-state index contributed by atoms with van der Waals surface area (Å²) >= 11 is 0. The van der Waals surface area contributed by atoms with E-state index >= 15 is 0 Å². The van der Waals surface area contributed by atoms with Crippen LogP contribution in [0.15, 0.2) is 30.5 Å². The average molecular weight is 350 g/mol. The van der Waals surface area contributed by atoms with Gasteiger partial charge in [0.2, 0.25) is 5.91 Å². The van der Waals surface area contributed by atoms with Crippen LogP contribution in [0.25, 0.3) is 0 Å². The van der Waals surface area contributed by atoms with Gasteiger partial charge in [-0.15, -0.1) is 0 Å². The molecule has 0 radical (unpaired) electrons. The van der Waals surface area contributed by atoms with Crippen LogP contribution in [0, 0.1) is 24.2 Å². The number of rotatable bonds is 5. The topological polar surface area (TPSA) is 108 Å². The summed E-state index contributed by atoms with van der Waals surface area (Å²) in [6.45, 7) is 3.95. The van der Waals surface area contributed by atoms with Gasteiger partial charge in [0.1, 0.15) is 23.4 Å². The highest BCUT2D eigenvalue weighted by Gasteiger charge is 2.24. The molecular formula is C19H22N6O. The van der Waals surface area contributed by atoms with Crippen molar-refractivity contribution in [1.82, 2.24) is 9.97 Å². The van der Waals surface area contributed by atoms with E-state index in [1.807, 2.05) is 31.2 Å². The van der Waals surface area contributed by atoms with Crippen LogP contribution >= 0.6 is 0 Å². The molecule has 7 nitrogen and oxygen atoms in total. The minimum absolute atomic E-state index is 0.0438. The Labute approximate surface area is 152 Å². The Bertz CT molecular complexity index is 836. The number of nitrogens with one attached hydrogen (secondary N) is 1. The van der Waals surface area contributed by atoms with Crippen molar-refractivity contribution in [3.8, 4) is 6.07 Å². The van der Waals surface area contributed by atoms with Gasteiger partial charge in [-0.1, -0.05) is 12.1 Å². The Balaban J connectivity index is 1.70. The van der Waals surface area contributed by atoms with Crippen LogP contribution in [0.4, 0.5) is 11.6 Å². The Morgan fingerprint density at radius 1 is 1.38 bits per heavy atom. The fourth-order valence-electron chi connectivity index (χ4n) is 3.15. The van der Waals surface area contributed by atoms with Gasteiger partial charge in [-0.2, -0.15) is 5.26 Å². The Kier molecular flexibility index (Phi) is 5.32. The third-order valence-electron chi connectivity index (χ3n) is 4.73. The smallest absolute Gasteiger partial charge is 0.220 e. The molecule has 1 aliphatic heterocycles. The number of pyridine rings is 2. The van der Waals surface area contributed by atoms with Gasteiger partial charge < -0.3 is 16.0 Å². The van der Waals surface area contributed by atoms with Gasteiger partial charge in [0.05, 0.1) is 0 Å². The molecule has 2 aromatic rings. The van der Waals surface area contributed by atoms with Crippen molar-refractivity contribution in [1.29, 1.82) is 5.26 Å². The molecule has 0 bridgehead atoms. The van der Waals surface area contributed by atoms with Crippen molar-refractivity contribution in [2.45, 2.75) is 26.3 Å². The molecule has 26 heavy (non-hydrogen) atoms. The second-order valence-corrected chi connectivity index (χ2v) is 6.48. The summed E-state index contributed by atoms with van der Waals surface area (Å²) in [5.74, 6) is 1.31. The van der Waals surface area contributed by atoms with Crippen LogP contribution in [-0.2, 0) is 11.3 Å². The maximum absolute atomic E-state index is 11.3. The number of piperidine rings is 1. The van der Waals surface area contributed by atoms with Crippen molar-refractivity contribution in [2.75, 3.05) is 23.3 Å². The predicted octanol–water partition coefficient (Wildman–Crippen LogP) is 1.97. The number of carbonyl (C=O) groups excluding carboxylic acids is 1. The van der Waals surface area contributed by atoms with Crippen LogP contribution in [0.2, 0.25) is 0 Å². The maximum atomic E-state index is 11.3. The molecule has 0 unspecified atom stereocenters. The minimum atomic E-state index is -0.216. The molecule has 0 aliphatic carbocycles. The quantitative estimate of drug-likeness (QED) is 0.853. The zero-order valence-corrected chi connectivity index (χ0v) is 14.8. The molecule has 3 rings (SSSR count). The SMILES string of the molecule is Cc1ccc(NCc2cccnc2N2CCC(C(N)=O)CC2)nc1C#N. The van der Waals surface area contributed by atoms with E-state index in [9.17, 15) is 4.79 Å².